The zero-order chi connectivity index (χ0) is 16.0. The monoisotopic (exact) mass is 375 g/mol. The van der Waals surface area contributed by atoms with Crippen LogP contribution in [0.1, 0.15) is 24.5 Å². The van der Waals surface area contributed by atoms with Gasteiger partial charge in [-0.25, -0.2) is 8.42 Å². The highest BCUT2D eigenvalue weighted by Gasteiger charge is 2.45. The molecule has 0 saturated carbocycles. The molecule has 1 saturated heterocycles. The molecule has 1 fully saturated rings. The second kappa shape index (κ2) is 5.37. The average Bonchev–Trinajstić information content (AvgIpc) is 2.72. The van der Waals surface area contributed by atoms with Crippen molar-refractivity contribution in [1.29, 1.82) is 0 Å². The van der Waals surface area contributed by atoms with Gasteiger partial charge >= 0.3 is 5.97 Å². The predicted molar refractivity (Wildman–Crippen MR) is 82.7 cm³/mol. The van der Waals surface area contributed by atoms with E-state index in [1.807, 2.05) is 0 Å². The largest absolute Gasteiger partial charge is 0.481 e. The van der Waals surface area contributed by atoms with E-state index in [1.54, 1.807) is 32.9 Å². The highest BCUT2D eigenvalue weighted by Crippen LogP contribution is 2.35. The number of sulfonamides is 1. The fourth-order valence-electron chi connectivity index (χ4n) is 2.73. The fourth-order valence-corrected chi connectivity index (χ4v) is 5.40. The first kappa shape index (κ1) is 16.5. The lowest BCUT2D eigenvalue weighted by Crippen LogP contribution is -2.35. The van der Waals surface area contributed by atoms with Gasteiger partial charge in [0.2, 0.25) is 10.0 Å². The van der Waals surface area contributed by atoms with E-state index in [4.69, 9.17) is 0 Å². The number of hydrogen-bond acceptors (Lipinski definition) is 3. The minimum Gasteiger partial charge on any atom is -0.481 e. The summed E-state index contributed by atoms with van der Waals surface area (Å²) < 4.78 is 27.7. The molecule has 1 aliphatic heterocycles. The number of aryl methyl sites for hydroxylation is 2. The first-order valence-electron chi connectivity index (χ1n) is 6.58. The van der Waals surface area contributed by atoms with E-state index in [1.165, 1.54) is 4.31 Å². The highest BCUT2D eigenvalue weighted by atomic mass is 79.9. The Hall–Kier alpha value is -0.920. The van der Waals surface area contributed by atoms with Gasteiger partial charge in [0.05, 0.1) is 10.3 Å². The minimum atomic E-state index is -3.67. The lowest BCUT2D eigenvalue weighted by molar-refractivity contribution is -0.146. The molecule has 5 nitrogen and oxygen atoms in total. The normalized spacial score (nSPS) is 23.4. The minimum absolute atomic E-state index is 0.0135. The van der Waals surface area contributed by atoms with Crippen LogP contribution in [0.15, 0.2) is 21.5 Å². The van der Waals surface area contributed by atoms with Crippen LogP contribution >= 0.6 is 15.9 Å². The number of aliphatic carboxylic acids is 1. The summed E-state index contributed by atoms with van der Waals surface area (Å²) in [6.45, 7) is 5.33. The molecule has 0 bridgehead atoms. The van der Waals surface area contributed by atoms with Gasteiger partial charge in [-0.1, -0.05) is 15.9 Å². The molecule has 0 spiro atoms. The van der Waals surface area contributed by atoms with Gasteiger partial charge in [-0.2, -0.15) is 4.31 Å². The molecule has 0 amide bonds. The zero-order valence-corrected chi connectivity index (χ0v) is 14.6. The molecule has 1 atom stereocenters. The topological polar surface area (TPSA) is 74.7 Å². The van der Waals surface area contributed by atoms with Crippen molar-refractivity contribution < 1.29 is 18.3 Å². The van der Waals surface area contributed by atoms with Crippen LogP contribution in [-0.4, -0.2) is 36.9 Å². The Balaban J connectivity index is 2.44. The molecule has 1 aliphatic rings. The van der Waals surface area contributed by atoms with Crippen molar-refractivity contribution in [3.63, 3.8) is 0 Å². The maximum atomic E-state index is 12.8. The number of carboxylic acids is 1. The van der Waals surface area contributed by atoms with Crippen LogP contribution in [0.4, 0.5) is 0 Å². The second-order valence-corrected chi connectivity index (χ2v) is 8.61. The molecule has 21 heavy (non-hydrogen) atoms. The van der Waals surface area contributed by atoms with Crippen LogP contribution in [0.2, 0.25) is 0 Å². The quantitative estimate of drug-likeness (QED) is 0.880. The smallest absolute Gasteiger partial charge is 0.310 e. The van der Waals surface area contributed by atoms with E-state index in [9.17, 15) is 18.3 Å². The Morgan fingerprint density at radius 3 is 2.29 bits per heavy atom. The number of rotatable bonds is 3. The SMILES string of the molecule is Cc1cc(Br)cc(C)c1S(=O)(=O)N1CCC(C)(C(=O)O)C1. The van der Waals surface area contributed by atoms with Gasteiger partial charge in [0.25, 0.3) is 0 Å². The van der Waals surface area contributed by atoms with Crippen LogP contribution in [0.3, 0.4) is 0 Å². The number of carbonyl (C=O) groups is 1. The van der Waals surface area contributed by atoms with E-state index >= 15 is 0 Å². The van der Waals surface area contributed by atoms with Crippen LogP contribution in [0.5, 0.6) is 0 Å². The van der Waals surface area contributed by atoms with Gasteiger partial charge in [-0.15, -0.1) is 0 Å². The number of nitrogens with zero attached hydrogens (tertiary/aromatic N) is 1. The summed E-state index contributed by atoms with van der Waals surface area (Å²) in [4.78, 5) is 11.6. The summed E-state index contributed by atoms with van der Waals surface area (Å²) in [7, 11) is -3.67. The van der Waals surface area contributed by atoms with Gasteiger partial charge in [0, 0.05) is 17.6 Å². The Morgan fingerprint density at radius 2 is 1.86 bits per heavy atom. The highest BCUT2D eigenvalue weighted by molar-refractivity contribution is 9.10. The standard InChI is InChI=1S/C14H18BrNO4S/c1-9-6-11(15)7-10(2)12(9)21(19,20)16-5-4-14(3,8-16)13(17)18/h6-7H,4-5,8H2,1-3H3,(H,17,18). The third-order valence-electron chi connectivity index (χ3n) is 3.98. The summed E-state index contributed by atoms with van der Waals surface area (Å²) in [5.74, 6) is -0.954. The number of halogens is 1. The maximum Gasteiger partial charge on any atom is 0.310 e. The summed E-state index contributed by atoms with van der Waals surface area (Å²) in [6.07, 6.45) is 0.330. The molecule has 7 heteroatoms. The summed E-state index contributed by atoms with van der Waals surface area (Å²) in [5.41, 5.74) is 0.307. The molecule has 0 aliphatic carbocycles. The van der Waals surface area contributed by atoms with Gasteiger partial charge in [0.15, 0.2) is 0 Å². The van der Waals surface area contributed by atoms with Gasteiger partial charge in [-0.05, 0) is 50.5 Å². The van der Waals surface area contributed by atoms with E-state index in [2.05, 4.69) is 15.9 Å². The van der Waals surface area contributed by atoms with E-state index < -0.39 is 21.4 Å². The maximum absolute atomic E-state index is 12.8. The van der Waals surface area contributed by atoms with Crippen molar-refractivity contribution in [3.8, 4) is 0 Å². The van der Waals surface area contributed by atoms with E-state index in [-0.39, 0.29) is 18.0 Å². The lowest BCUT2D eigenvalue weighted by atomic mass is 9.90. The molecule has 0 radical (unpaired) electrons. The van der Waals surface area contributed by atoms with E-state index in [0.29, 0.717) is 17.5 Å². The fraction of sp³-hybridized carbons (Fsp3) is 0.500. The first-order chi connectivity index (χ1) is 9.58. The van der Waals surface area contributed by atoms with Crippen LogP contribution in [0.25, 0.3) is 0 Å². The average molecular weight is 376 g/mol. The predicted octanol–water partition coefficient (Wildman–Crippen LogP) is 2.55. The molecule has 1 N–H and O–H groups in total. The third kappa shape index (κ3) is 2.86. The van der Waals surface area contributed by atoms with Crippen LogP contribution in [-0.2, 0) is 14.8 Å². The molecule has 1 unspecified atom stereocenters. The van der Waals surface area contributed by atoms with Crippen LogP contribution < -0.4 is 0 Å². The third-order valence-corrected chi connectivity index (χ3v) is 6.59. The molecule has 2 rings (SSSR count). The van der Waals surface area contributed by atoms with Gasteiger partial charge in [0.1, 0.15) is 0 Å². The summed E-state index contributed by atoms with van der Waals surface area (Å²) in [6, 6.07) is 3.51. The Morgan fingerprint density at radius 1 is 1.33 bits per heavy atom. The second-order valence-electron chi connectivity index (χ2n) is 5.82. The van der Waals surface area contributed by atoms with Crippen molar-refractivity contribution in [3.05, 3.63) is 27.7 Å². The van der Waals surface area contributed by atoms with Crippen molar-refractivity contribution in [2.75, 3.05) is 13.1 Å². The number of hydrogen-bond donors (Lipinski definition) is 1. The number of carboxylic acid groups (broad SMARTS) is 1. The Bertz CT molecular complexity index is 678. The molecular formula is C14H18BrNO4S. The molecule has 1 heterocycles. The van der Waals surface area contributed by atoms with Crippen LogP contribution in [0, 0.1) is 19.3 Å². The summed E-state index contributed by atoms with van der Waals surface area (Å²) >= 11 is 3.35. The first-order valence-corrected chi connectivity index (χ1v) is 8.81. The number of benzene rings is 1. The van der Waals surface area contributed by atoms with E-state index in [0.717, 1.165) is 4.47 Å². The van der Waals surface area contributed by atoms with Crippen molar-refractivity contribution in [2.24, 2.45) is 5.41 Å². The van der Waals surface area contributed by atoms with Gasteiger partial charge in [-0.3, -0.25) is 4.79 Å². The molecule has 1 aromatic carbocycles. The van der Waals surface area contributed by atoms with Crippen molar-refractivity contribution >= 4 is 31.9 Å². The zero-order valence-electron chi connectivity index (χ0n) is 12.2. The molecule has 0 aromatic heterocycles. The van der Waals surface area contributed by atoms with Crippen molar-refractivity contribution in [2.45, 2.75) is 32.1 Å². The molecular weight excluding hydrogens is 358 g/mol. The Kier molecular flexibility index (Phi) is 4.21. The van der Waals surface area contributed by atoms with Gasteiger partial charge < -0.3 is 5.11 Å². The summed E-state index contributed by atoms with van der Waals surface area (Å²) in [5, 5.41) is 9.24. The Labute approximate surface area is 133 Å². The van der Waals surface area contributed by atoms with Crippen molar-refractivity contribution in [1.82, 2.24) is 4.31 Å². The molecule has 116 valence electrons. The lowest BCUT2D eigenvalue weighted by Gasteiger charge is -2.22. The molecule has 1 aromatic rings.